The van der Waals surface area contributed by atoms with Gasteiger partial charge in [-0.2, -0.15) is 0 Å². The molecule has 0 atom stereocenters. The number of rotatable bonds is 7. The van der Waals surface area contributed by atoms with Crippen LogP contribution in [-0.2, 0) is 5.41 Å². The van der Waals surface area contributed by atoms with Crippen LogP contribution in [0.15, 0.2) is 219 Å². The Morgan fingerprint density at radius 1 is 0.534 bits per heavy atom. The number of anilines is 2. The van der Waals surface area contributed by atoms with E-state index in [9.17, 15) is 0 Å². The molecule has 0 radical (unpaired) electrons. The Kier molecular flexibility index (Phi) is 8.09. The molecule has 0 N–H and O–H groups in total. The van der Waals surface area contributed by atoms with Gasteiger partial charge in [0.1, 0.15) is 11.5 Å². The van der Waals surface area contributed by atoms with Crippen LogP contribution in [0.5, 0.6) is 11.5 Å². The van der Waals surface area contributed by atoms with E-state index in [2.05, 4.69) is 218 Å². The molecule has 1 aliphatic carbocycles. The lowest BCUT2D eigenvalue weighted by molar-refractivity contribution is 0.436. The van der Waals surface area contributed by atoms with E-state index in [0.717, 1.165) is 56.4 Å². The number of hydrogen-bond donors (Lipinski definition) is 0. The molecule has 1 aromatic heterocycles. The van der Waals surface area contributed by atoms with E-state index in [1.54, 1.807) is 0 Å². The third kappa shape index (κ3) is 5.25. The number of nitrogens with zero attached hydrogens (tertiary/aromatic N) is 1. The van der Waals surface area contributed by atoms with E-state index in [1.807, 2.05) is 17.4 Å². The summed E-state index contributed by atoms with van der Waals surface area (Å²) in [5, 5.41) is 2.59. The van der Waals surface area contributed by atoms with Gasteiger partial charge < -0.3 is 9.64 Å². The third-order valence-electron chi connectivity index (χ3n) is 11.7. The monoisotopic (exact) mass is 759 g/mol. The fraction of sp³-hybridized carbons (Fsp3) is 0.0182. The minimum atomic E-state index is -0.583. The quantitative estimate of drug-likeness (QED) is 0.150. The Hall–Kier alpha value is -7.20. The predicted octanol–water partition coefficient (Wildman–Crippen LogP) is 15.1. The number of fused-ring (bicyclic) bond motifs is 12. The van der Waals surface area contributed by atoms with Crippen LogP contribution in [0.4, 0.5) is 11.4 Å². The Morgan fingerprint density at radius 3 is 1.97 bits per heavy atom. The minimum absolute atomic E-state index is 0.583. The van der Waals surface area contributed by atoms with Gasteiger partial charge in [0.15, 0.2) is 0 Å². The molecule has 0 saturated heterocycles. The second kappa shape index (κ2) is 13.8. The van der Waals surface area contributed by atoms with E-state index in [1.165, 1.54) is 42.4 Å². The van der Waals surface area contributed by atoms with Gasteiger partial charge in [0.05, 0.1) is 11.1 Å². The fourth-order valence-electron chi connectivity index (χ4n) is 9.28. The maximum atomic E-state index is 6.64. The average molecular weight is 760 g/mol. The highest BCUT2D eigenvalue weighted by molar-refractivity contribution is 7.25. The average Bonchev–Trinajstić information content (AvgIpc) is 3.80. The normalized spacial score (nSPS) is 13.6. The first kappa shape index (κ1) is 34.1. The van der Waals surface area contributed by atoms with Crippen LogP contribution in [0.3, 0.4) is 0 Å². The molecule has 0 saturated carbocycles. The van der Waals surface area contributed by atoms with Crippen LogP contribution in [0.2, 0.25) is 0 Å². The lowest BCUT2D eigenvalue weighted by Gasteiger charge is -2.39. The SMILES string of the molecule is C=CC(=CC=Cc1ccc2sc3ccccc3c2c1)N(c1ccc2c(c1)C1(c3ccccc3Oc3ccccc31)c1ccccc1-2)c1ccccc1-c1ccccc1. The van der Waals surface area contributed by atoms with Gasteiger partial charge in [-0.15, -0.1) is 11.3 Å². The molecule has 0 unspecified atom stereocenters. The molecule has 9 aromatic rings. The Labute approximate surface area is 342 Å². The number of para-hydroxylation sites is 3. The Bertz CT molecular complexity index is 3090. The molecule has 2 nitrogen and oxygen atoms in total. The second-order valence-electron chi connectivity index (χ2n) is 14.8. The van der Waals surface area contributed by atoms with Crippen LogP contribution in [0, 0.1) is 0 Å². The Balaban J connectivity index is 1.12. The van der Waals surface area contributed by atoms with Crippen molar-refractivity contribution in [2.45, 2.75) is 5.41 Å². The highest BCUT2D eigenvalue weighted by Crippen LogP contribution is 2.62. The lowest BCUT2D eigenvalue weighted by Crippen LogP contribution is -2.32. The van der Waals surface area contributed by atoms with Crippen molar-refractivity contribution in [3.63, 3.8) is 0 Å². The standard InChI is InChI=1S/C55H37NOS/c1-2-39(20-16-17-37-31-34-54-45(35-37)44-23-8-15-30-53(44)58-54)56(50-27-12-7-21-41(50)38-18-4-3-5-19-38)40-32-33-43-42-22-6-9-24-46(42)55(49(43)36-40)47-25-10-13-28-51(47)57-52-29-14-11-26-48(52)55/h2-36H,1H2. The van der Waals surface area contributed by atoms with Gasteiger partial charge in [0, 0.05) is 48.2 Å². The topological polar surface area (TPSA) is 12.5 Å². The van der Waals surface area contributed by atoms with Gasteiger partial charge in [0.25, 0.3) is 0 Å². The van der Waals surface area contributed by atoms with Crippen molar-refractivity contribution in [2.75, 3.05) is 4.90 Å². The van der Waals surface area contributed by atoms with Crippen LogP contribution in [0.25, 0.3) is 48.5 Å². The number of hydrogen-bond acceptors (Lipinski definition) is 3. The molecule has 2 heterocycles. The molecule has 2 aliphatic rings. The molecule has 0 amide bonds. The molecule has 3 heteroatoms. The summed E-state index contributed by atoms with van der Waals surface area (Å²) < 4.78 is 9.26. The molecule has 8 aromatic carbocycles. The predicted molar refractivity (Wildman–Crippen MR) is 244 cm³/mol. The zero-order chi connectivity index (χ0) is 38.6. The summed E-state index contributed by atoms with van der Waals surface area (Å²) in [6, 6.07) is 67.7. The summed E-state index contributed by atoms with van der Waals surface area (Å²) >= 11 is 1.84. The number of allylic oxidation sites excluding steroid dienone is 3. The molecule has 11 rings (SSSR count). The van der Waals surface area contributed by atoms with Crippen LogP contribution < -0.4 is 9.64 Å². The van der Waals surface area contributed by atoms with E-state index in [-0.39, 0.29) is 0 Å². The van der Waals surface area contributed by atoms with E-state index >= 15 is 0 Å². The molecule has 58 heavy (non-hydrogen) atoms. The van der Waals surface area contributed by atoms with Crippen LogP contribution in [0.1, 0.15) is 27.8 Å². The molecule has 0 fully saturated rings. The zero-order valence-corrected chi connectivity index (χ0v) is 32.5. The second-order valence-corrected chi connectivity index (χ2v) is 15.9. The zero-order valence-electron chi connectivity index (χ0n) is 31.7. The molecule has 0 bridgehead atoms. The van der Waals surface area contributed by atoms with Crippen LogP contribution >= 0.6 is 11.3 Å². The largest absolute Gasteiger partial charge is 0.457 e. The Morgan fingerprint density at radius 2 is 1.17 bits per heavy atom. The summed E-state index contributed by atoms with van der Waals surface area (Å²) in [6.07, 6.45) is 8.50. The fourth-order valence-corrected chi connectivity index (χ4v) is 10.4. The maximum Gasteiger partial charge on any atom is 0.132 e. The lowest BCUT2D eigenvalue weighted by atomic mass is 9.66. The maximum absolute atomic E-state index is 6.64. The van der Waals surface area contributed by atoms with Crippen molar-refractivity contribution < 1.29 is 4.74 Å². The van der Waals surface area contributed by atoms with Gasteiger partial charge in [-0.1, -0.05) is 158 Å². The third-order valence-corrected chi connectivity index (χ3v) is 12.9. The first-order chi connectivity index (χ1) is 28.7. The van der Waals surface area contributed by atoms with Gasteiger partial charge in [-0.25, -0.2) is 0 Å². The first-order valence-corrected chi connectivity index (χ1v) is 20.5. The summed E-state index contributed by atoms with van der Waals surface area (Å²) in [6.45, 7) is 4.42. The highest BCUT2D eigenvalue weighted by Gasteiger charge is 2.51. The van der Waals surface area contributed by atoms with Gasteiger partial charge in [-0.05, 0) is 94.1 Å². The summed E-state index contributed by atoms with van der Waals surface area (Å²) in [7, 11) is 0. The molecular formula is C55H37NOS. The number of thiophene rings is 1. The van der Waals surface area contributed by atoms with Crippen LogP contribution in [-0.4, -0.2) is 0 Å². The minimum Gasteiger partial charge on any atom is -0.457 e. The number of benzene rings is 8. The van der Waals surface area contributed by atoms with Crippen molar-refractivity contribution in [1.29, 1.82) is 0 Å². The molecule has 274 valence electrons. The van der Waals surface area contributed by atoms with Crippen molar-refractivity contribution >= 4 is 49.0 Å². The summed E-state index contributed by atoms with van der Waals surface area (Å²) in [5.41, 5.74) is 13.2. The first-order valence-electron chi connectivity index (χ1n) is 19.7. The van der Waals surface area contributed by atoms with Gasteiger partial charge >= 0.3 is 0 Å². The molecular weight excluding hydrogens is 723 g/mol. The molecule has 1 spiro atoms. The van der Waals surface area contributed by atoms with Crippen molar-refractivity contribution in [3.8, 4) is 33.8 Å². The summed E-state index contributed by atoms with van der Waals surface area (Å²) in [4.78, 5) is 2.36. The van der Waals surface area contributed by atoms with Crippen molar-refractivity contribution in [1.82, 2.24) is 0 Å². The van der Waals surface area contributed by atoms with Gasteiger partial charge in [-0.3, -0.25) is 0 Å². The smallest absolute Gasteiger partial charge is 0.132 e. The molecule has 1 aliphatic heterocycles. The van der Waals surface area contributed by atoms with E-state index < -0.39 is 5.41 Å². The van der Waals surface area contributed by atoms with Crippen molar-refractivity contribution in [3.05, 3.63) is 246 Å². The van der Waals surface area contributed by atoms with E-state index in [4.69, 9.17) is 4.74 Å². The highest BCUT2D eigenvalue weighted by atomic mass is 32.1. The summed E-state index contributed by atoms with van der Waals surface area (Å²) in [5.74, 6) is 1.76. The number of ether oxygens (including phenoxy) is 1. The van der Waals surface area contributed by atoms with E-state index in [0.29, 0.717) is 0 Å². The van der Waals surface area contributed by atoms with Crippen molar-refractivity contribution in [2.24, 2.45) is 0 Å². The van der Waals surface area contributed by atoms with Gasteiger partial charge in [0.2, 0.25) is 0 Å².